The Balaban J connectivity index is 1.54. The molecule has 2 aromatic carbocycles. The second kappa shape index (κ2) is 6.89. The van der Waals surface area contributed by atoms with E-state index in [1.54, 1.807) is 11.8 Å². The van der Waals surface area contributed by atoms with Gasteiger partial charge in [0.15, 0.2) is 5.76 Å². The molecule has 0 amide bonds. The first-order chi connectivity index (χ1) is 13.3. The van der Waals surface area contributed by atoms with Crippen LogP contribution in [0.4, 0.5) is 0 Å². The van der Waals surface area contributed by atoms with E-state index in [2.05, 4.69) is 17.3 Å². The van der Waals surface area contributed by atoms with Gasteiger partial charge < -0.3 is 9.62 Å². The maximum Gasteiger partial charge on any atom is 0.257 e. The minimum atomic E-state index is 0.166. The van der Waals surface area contributed by atoms with Crippen LogP contribution < -0.4 is 0 Å². The van der Waals surface area contributed by atoms with E-state index in [9.17, 15) is 5.21 Å². The van der Waals surface area contributed by atoms with E-state index in [0.29, 0.717) is 17.1 Å². The lowest BCUT2D eigenvalue weighted by Crippen LogP contribution is -2.24. The summed E-state index contributed by atoms with van der Waals surface area (Å²) < 4.78 is 6.23. The number of oxazole rings is 1. The first kappa shape index (κ1) is 16.6. The van der Waals surface area contributed by atoms with E-state index in [4.69, 9.17) is 9.40 Å². The molecule has 0 saturated heterocycles. The van der Waals surface area contributed by atoms with Crippen LogP contribution >= 0.6 is 11.8 Å². The average molecular weight is 376 g/mol. The van der Waals surface area contributed by atoms with E-state index < -0.39 is 0 Å². The number of benzene rings is 2. The number of rotatable bonds is 4. The van der Waals surface area contributed by atoms with Crippen LogP contribution in [0.5, 0.6) is 0 Å². The molecule has 1 N–H and O–H groups in total. The van der Waals surface area contributed by atoms with Crippen molar-refractivity contribution in [2.24, 2.45) is 17.0 Å². The predicted molar refractivity (Wildman–Crippen MR) is 107 cm³/mol. The monoisotopic (exact) mass is 376 g/mol. The summed E-state index contributed by atoms with van der Waals surface area (Å²) in [6.45, 7) is 0. The number of hydrogen-bond donors (Lipinski definition) is 1. The number of oxime groups is 1. The van der Waals surface area contributed by atoms with Crippen molar-refractivity contribution in [1.82, 2.24) is 4.98 Å². The van der Waals surface area contributed by atoms with Crippen molar-refractivity contribution in [3.8, 4) is 22.6 Å². The Morgan fingerprint density at radius 1 is 0.963 bits per heavy atom. The van der Waals surface area contributed by atoms with E-state index in [1.165, 1.54) is 6.42 Å². The maximum atomic E-state index is 9.48. The average Bonchev–Trinajstić information content (AvgIpc) is 3.44. The molecule has 136 valence electrons. The SMILES string of the molecule is O/N=C1\C2CCC(C2)C1Sc1nc(-c2ccccc2)c(-c2ccccc2)o1. The van der Waals surface area contributed by atoms with Gasteiger partial charge in [-0.15, -0.1) is 0 Å². The van der Waals surface area contributed by atoms with E-state index in [0.717, 1.165) is 41.1 Å². The molecular formula is C22H20N2O2S. The van der Waals surface area contributed by atoms with Crippen molar-refractivity contribution in [2.45, 2.75) is 29.7 Å². The summed E-state index contributed by atoms with van der Waals surface area (Å²) in [5.74, 6) is 1.77. The van der Waals surface area contributed by atoms with Crippen LogP contribution in [0.15, 0.2) is 75.5 Å². The smallest absolute Gasteiger partial charge is 0.257 e. The minimum absolute atomic E-state index is 0.166. The summed E-state index contributed by atoms with van der Waals surface area (Å²) in [5.41, 5.74) is 3.82. The summed E-state index contributed by atoms with van der Waals surface area (Å²) >= 11 is 1.60. The Kier molecular flexibility index (Phi) is 4.24. The molecule has 3 aromatic rings. The summed E-state index contributed by atoms with van der Waals surface area (Å²) in [6.07, 6.45) is 3.45. The Morgan fingerprint density at radius 2 is 1.67 bits per heavy atom. The first-order valence-corrected chi connectivity index (χ1v) is 10.2. The Hall–Kier alpha value is -2.53. The van der Waals surface area contributed by atoms with Crippen molar-refractivity contribution < 1.29 is 9.62 Å². The van der Waals surface area contributed by atoms with Gasteiger partial charge in [-0.2, -0.15) is 0 Å². The largest absolute Gasteiger partial charge is 0.431 e. The maximum absolute atomic E-state index is 9.48. The number of nitrogens with zero attached hydrogens (tertiary/aromatic N) is 2. The van der Waals surface area contributed by atoms with E-state index in [1.807, 2.05) is 48.5 Å². The van der Waals surface area contributed by atoms with Gasteiger partial charge in [-0.1, -0.05) is 77.6 Å². The van der Waals surface area contributed by atoms with Gasteiger partial charge in [-0.05, 0) is 25.2 Å². The van der Waals surface area contributed by atoms with Gasteiger partial charge >= 0.3 is 0 Å². The highest BCUT2D eigenvalue weighted by Crippen LogP contribution is 2.50. The Morgan fingerprint density at radius 3 is 2.37 bits per heavy atom. The third-order valence-corrected chi connectivity index (χ3v) is 6.90. The van der Waals surface area contributed by atoms with Crippen LogP contribution in [0, 0.1) is 11.8 Å². The third-order valence-electron chi connectivity index (χ3n) is 5.65. The molecule has 2 aliphatic rings. The van der Waals surface area contributed by atoms with Gasteiger partial charge in [0, 0.05) is 17.0 Å². The number of hydrogen-bond acceptors (Lipinski definition) is 5. The standard InChI is InChI=1S/C22H20N2O2S/c25-24-19-16-11-12-17(13-16)21(19)27-22-23-18(14-7-3-1-4-8-14)20(26-22)15-9-5-2-6-10-15/h1-10,16-17,21,25H,11-13H2/b24-19+. The van der Waals surface area contributed by atoms with Crippen molar-refractivity contribution in [3.05, 3.63) is 60.7 Å². The van der Waals surface area contributed by atoms with Gasteiger partial charge in [0.05, 0.1) is 11.0 Å². The lowest BCUT2D eigenvalue weighted by molar-refractivity contribution is 0.313. The molecule has 3 atom stereocenters. The Bertz CT molecular complexity index is 911. The molecule has 27 heavy (non-hydrogen) atoms. The molecule has 0 radical (unpaired) electrons. The molecule has 0 spiro atoms. The molecule has 5 heteroatoms. The highest BCUT2D eigenvalue weighted by atomic mass is 32.2. The zero-order chi connectivity index (χ0) is 18.2. The molecule has 1 aromatic heterocycles. The molecule has 1 heterocycles. The quantitative estimate of drug-likeness (QED) is 0.467. The van der Waals surface area contributed by atoms with Crippen LogP contribution in [0.25, 0.3) is 22.6 Å². The van der Waals surface area contributed by atoms with Gasteiger partial charge in [0.1, 0.15) is 5.69 Å². The van der Waals surface area contributed by atoms with Crippen molar-refractivity contribution >= 4 is 17.5 Å². The van der Waals surface area contributed by atoms with Gasteiger partial charge in [-0.25, -0.2) is 4.98 Å². The normalized spacial score (nSPS) is 25.3. The fourth-order valence-corrected chi connectivity index (χ4v) is 5.66. The number of fused-ring (bicyclic) bond motifs is 2. The van der Waals surface area contributed by atoms with E-state index in [-0.39, 0.29) is 5.25 Å². The van der Waals surface area contributed by atoms with Crippen LogP contribution in [-0.2, 0) is 0 Å². The fraction of sp³-hybridized carbons (Fsp3) is 0.273. The molecular weight excluding hydrogens is 356 g/mol. The molecule has 2 bridgehead atoms. The second-order valence-electron chi connectivity index (χ2n) is 7.22. The Labute approximate surface area is 162 Å². The van der Waals surface area contributed by atoms with Crippen molar-refractivity contribution in [3.63, 3.8) is 0 Å². The zero-order valence-electron chi connectivity index (χ0n) is 14.8. The highest BCUT2D eigenvalue weighted by Gasteiger charge is 2.46. The molecule has 0 aliphatic heterocycles. The second-order valence-corrected chi connectivity index (χ2v) is 8.32. The molecule has 5 rings (SSSR count). The topological polar surface area (TPSA) is 58.6 Å². The van der Waals surface area contributed by atoms with Crippen LogP contribution in [0.2, 0.25) is 0 Å². The summed E-state index contributed by atoms with van der Waals surface area (Å²) in [7, 11) is 0. The first-order valence-electron chi connectivity index (χ1n) is 9.33. The van der Waals surface area contributed by atoms with Crippen molar-refractivity contribution in [2.75, 3.05) is 0 Å². The van der Waals surface area contributed by atoms with Crippen molar-refractivity contribution in [1.29, 1.82) is 0 Å². The van der Waals surface area contributed by atoms with Crippen LogP contribution in [-0.4, -0.2) is 21.2 Å². The molecule has 2 fully saturated rings. The number of aromatic nitrogens is 1. The lowest BCUT2D eigenvalue weighted by atomic mass is 9.98. The van der Waals surface area contributed by atoms with Gasteiger partial charge in [0.2, 0.25) is 0 Å². The lowest BCUT2D eigenvalue weighted by Gasteiger charge is -2.20. The molecule has 2 aliphatic carbocycles. The van der Waals surface area contributed by atoms with Gasteiger partial charge in [-0.3, -0.25) is 0 Å². The highest BCUT2D eigenvalue weighted by molar-refractivity contribution is 8.00. The van der Waals surface area contributed by atoms with Crippen LogP contribution in [0.3, 0.4) is 0 Å². The fourth-order valence-electron chi connectivity index (χ4n) is 4.37. The molecule has 4 nitrogen and oxygen atoms in total. The van der Waals surface area contributed by atoms with Gasteiger partial charge in [0.25, 0.3) is 5.22 Å². The third kappa shape index (κ3) is 2.96. The predicted octanol–water partition coefficient (Wildman–Crippen LogP) is 5.73. The minimum Gasteiger partial charge on any atom is -0.431 e. The molecule has 2 saturated carbocycles. The summed E-state index contributed by atoms with van der Waals surface area (Å²) in [6, 6.07) is 20.2. The summed E-state index contributed by atoms with van der Waals surface area (Å²) in [4.78, 5) is 4.83. The van der Waals surface area contributed by atoms with E-state index >= 15 is 0 Å². The zero-order valence-corrected chi connectivity index (χ0v) is 15.6. The summed E-state index contributed by atoms with van der Waals surface area (Å²) in [5, 5.41) is 13.9. The van der Waals surface area contributed by atoms with Crippen LogP contribution in [0.1, 0.15) is 19.3 Å². The number of thioether (sulfide) groups is 1. The molecule has 3 unspecified atom stereocenters.